The zero-order chi connectivity index (χ0) is 14.2. The molecule has 1 aromatic heterocycles. The summed E-state index contributed by atoms with van der Waals surface area (Å²) in [6.45, 7) is 1.04. The van der Waals surface area contributed by atoms with Crippen molar-refractivity contribution in [1.82, 2.24) is 14.8 Å². The Kier molecular flexibility index (Phi) is 3.81. The Bertz CT molecular complexity index is 568. The summed E-state index contributed by atoms with van der Waals surface area (Å²) < 4.78 is 24.8. The van der Waals surface area contributed by atoms with Gasteiger partial charge in [0.15, 0.2) is 5.82 Å². The van der Waals surface area contributed by atoms with E-state index in [-0.39, 0.29) is 6.61 Å². The van der Waals surface area contributed by atoms with Crippen molar-refractivity contribution in [3.05, 3.63) is 11.6 Å². The van der Waals surface area contributed by atoms with Gasteiger partial charge in [0.25, 0.3) is 0 Å². The number of hydrogen-bond donors (Lipinski definition) is 1. The van der Waals surface area contributed by atoms with Gasteiger partial charge in [-0.1, -0.05) is 0 Å². The van der Waals surface area contributed by atoms with E-state index in [0.717, 1.165) is 50.3 Å². The van der Waals surface area contributed by atoms with Gasteiger partial charge in [0.05, 0.1) is 11.5 Å². The van der Waals surface area contributed by atoms with Gasteiger partial charge >= 0.3 is 0 Å². The first-order chi connectivity index (χ1) is 9.55. The van der Waals surface area contributed by atoms with Crippen molar-refractivity contribution in [2.24, 2.45) is 11.8 Å². The fraction of sp³-hybridized carbons (Fsp3) is 0.846. The van der Waals surface area contributed by atoms with Gasteiger partial charge in [-0.2, -0.15) is 5.10 Å². The first-order valence-electron chi connectivity index (χ1n) is 7.29. The Labute approximate surface area is 119 Å². The molecule has 0 amide bonds. The third-order valence-electron chi connectivity index (χ3n) is 4.42. The van der Waals surface area contributed by atoms with E-state index in [9.17, 15) is 13.5 Å². The van der Waals surface area contributed by atoms with E-state index in [0.29, 0.717) is 23.3 Å². The minimum absolute atomic E-state index is 0.211. The summed E-state index contributed by atoms with van der Waals surface area (Å²) in [5.74, 6) is 3.10. The second kappa shape index (κ2) is 5.44. The maximum absolute atomic E-state index is 11.4. The molecule has 7 heteroatoms. The minimum Gasteiger partial charge on any atom is -0.396 e. The second-order valence-corrected chi connectivity index (χ2v) is 8.31. The van der Waals surface area contributed by atoms with Crippen molar-refractivity contribution in [2.45, 2.75) is 38.6 Å². The quantitative estimate of drug-likeness (QED) is 0.862. The number of aliphatic hydroxyl groups excluding tert-OH is 1. The number of rotatable bonds is 3. The molecule has 0 bridgehead atoms. The molecule has 3 heterocycles. The number of nitrogens with zero attached hydrogens (tertiary/aromatic N) is 3. The van der Waals surface area contributed by atoms with Crippen molar-refractivity contribution >= 4 is 9.84 Å². The maximum Gasteiger partial charge on any atom is 0.151 e. The molecule has 1 atom stereocenters. The van der Waals surface area contributed by atoms with Gasteiger partial charge in [-0.25, -0.2) is 18.1 Å². The van der Waals surface area contributed by atoms with Crippen molar-refractivity contribution in [1.29, 1.82) is 0 Å². The lowest BCUT2D eigenvalue weighted by Gasteiger charge is -2.20. The SMILES string of the molecule is O=S1(=O)CCC(Cc2nc3n(n2)CCC(CO)C3)CC1. The number of aliphatic hydroxyl groups is 1. The van der Waals surface area contributed by atoms with Crippen LogP contribution in [0, 0.1) is 11.8 Å². The van der Waals surface area contributed by atoms with Crippen molar-refractivity contribution in [2.75, 3.05) is 18.1 Å². The van der Waals surface area contributed by atoms with Crippen LogP contribution < -0.4 is 0 Å². The lowest BCUT2D eigenvalue weighted by Crippen LogP contribution is -2.24. The highest BCUT2D eigenvalue weighted by atomic mass is 32.2. The van der Waals surface area contributed by atoms with Gasteiger partial charge in [-0.05, 0) is 31.1 Å². The smallest absolute Gasteiger partial charge is 0.151 e. The van der Waals surface area contributed by atoms with E-state index in [4.69, 9.17) is 0 Å². The number of fused-ring (bicyclic) bond motifs is 1. The monoisotopic (exact) mass is 299 g/mol. The van der Waals surface area contributed by atoms with Crippen LogP contribution in [-0.4, -0.2) is 46.4 Å². The van der Waals surface area contributed by atoms with Crippen LogP contribution in [0.5, 0.6) is 0 Å². The molecule has 0 aliphatic carbocycles. The molecule has 2 aliphatic heterocycles. The van der Waals surface area contributed by atoms with Gasteiger partial charge in [0.1, 0.15) is 15.7 Å². The number of aryl methyl sites for hydroxylation is 1. The van der Waals surface area contributed by atoms with Crippen LogP contribution in [0.4, 0.5) is 0 Å². The first kappa shape index (κ1) is 14.0. The molecule has 20 heavy (non-hydrogen) atoms. The molecule has 1 N–H and O–H groups in total. The van der Waals surface area contributed by atoms with Crippen LogP contribution in [0.15, 0.2) is 0 Å². The average Bonchev–Trinajstić information content (AvgIpc) is 2.82. The number of aromatic nitrogens is 3. The molecular formula is C13H21N3O3S. The molecule has 0 saturated carbocycles. The van der Waals surface area contributed by atoms with Crippen LogP contribution >= 0.6 is 0 Å². The predicted molar refractivity (Wildman–Crippen MR) is 74.0 cm³/mol. The highest BCUT2D eigenvalue weighted by Gasteiger charge is 2.26. The number of sulfone groups is 1. The summed E-state index contributed by atoms with van der Waals surface area (Å²) in [6, 6.07) is 0. The van der Waals surface area contributed by atoms with Crippen molar-refractivity contribution in [3.63, 3.8) is 0 Å². The number of hydrogen-bond acceptors (Lipinski definition) is 5. The van der Waals surface area contributed by atoms with E-state index in [1.54, 1.807) is 0 Å². The maximum atomic E-state index is 11.4. The molecule has 1 unspecified atom stereocenters. The Morgan fingerprint density at radius 2 is 1.95 bits per heavy atom. The van der Waals surface area contributed by atoms with Gasteiger partial charge in [0.2, 0.25) is 0 Å². The Balaban J connectivity index is 1.63. The van der Waals surface area contributed by atoms with E-state index < -0.39 is 9.84 Å². The Hall–Kier alpha value is -0.950. The Morgan fingerprint density at radius 1 is 1.20 bits per heavy atom. The van der Waals surface area contributed by atoms with E-state index >= 15 is 0 Å². The molecule has 1 aromatic rings. The third-order valence-corrected chi connectivity index (χ3v) is 6.13. The van der Waals surface area contributed by atoms with Gasteiger partial charge in [-0.3, -0.25) is 0 Å². The topological polar surface area (TPSA) is 85.1 Å². The second-order valence-electron chi connectivity index (χ2n) is 6.01. The summed E-state index contributed by atoms with van der Waals surface area (Å²) in [6.07, 6.45) is 3.98. The molecule has 112 valence electrons. The fourth-order valence-corrected chi connectivity index (χ4v) is 4.65. The summed E-state index contributed by atoms with van der Waals surface area (Å²) >= 11 is 0. The van der Waals surface area contributed by atoms with Gasteiger partial charge in [0, 0.05) is 26.0 Å². The summed E-state index contributed by atoms with van der Waals surface area (Å²) in [4.78, 5) is 4.57. The van der Waals surface area contributed by atoms with Gasteiger partial charge in [-0.15, -0.1) is 0 Å². The highest BCUT2D eigenvalue weighted by molar-refractivity contribution is 7.91. The van der Waals surface area contributed by atoms with Gasteiger partial charge < -0.3 is 5.11 Å². The highest BCUT2D eigenvalue weighted by Crippen LogP contribution is 2.23. The molecule has 0 spiro atoms. The summed E-state index contributed by atoms with van der Waals surface area (Å²) in [5.41, 5.74) is 0. The van der Waals surface area contributed by atoms with Crippen LogP contribution in [0.2, 0.25) is 0 Å². The molecule has 3 rings (SSSR count). The van der Waals surface area contributed by atoms with E-state index in [1.807, 2.05) is 4.68 Å². The van der Waals surface area contributed by atoms with E-state index in [2.05, 4.69) is 10.1 Å². The van der Waals surface area contributed by atoms with Crippen molar-refractivity contribution < 1.29 is 13.5 Å². The molecule has 1 saturated heterocycles. The van der Waals surface area contributed by atoms with Crippen LogP contribution in [0.3, 0.4) is 0 Å². The lowest BCUT2D eigenvalue weighted by atomic mass is 9.98. The molecule has 1 fully saturated rings. The molecule has 0 aromatic carbocycles. The average molecular weight is 299 g/mol. The predicted octanol–water partition coefficient (Wildman–Crippen LogP) is 0.200. The summed E-state index contributed by atoms with van der Waals surface area (Å²) in [7, 11) is -2.79. The molecule has 0 radical (unpaired) electrons. The largest absolute Gasteiger partial charge is 0.396 e. The van der Waals surface area contributed by atoms with Crippen LogP contribution in [0.1, 0.15) is 30.9 Å². The third kappa shape index (κ3) is 3.03. The molecule has 2 aliphatic rings. The summed E-state index contributed by atoms with van der Waals surface area (Å²) in [5, 5.41) is 13.7. The Morgan fingerprint density at radius 3 is 2.65 bits per heavy atom. The zero-order valence-corrected chi connectivity index (χ0v) is 12.3. The lowest BCUT2D eigenvalue weighted by molar-refractivity contribution is 0.196. The fourth-order valence-electron chi connectivity index (χ4n) is 3.06. The normalized spacial score (nSPS) is 26.4. The standard InChI is InChI=1S/C13H21N3O3S/c17-9-11-1-4-16-13(8-11)14-12(15-16)7-10-2-5-20(18,19)6-3-10/h10-11,17H,1-9H2. The minimum atomic E-state index is -2.79. The first-order valence-corrected chi connectivity index (χ1v) is 9.12. The van der Waals surface area contributed by atoms with Crippen molar-refractivity contribution in [3.8, 4) is 0 Å². The van der Waals surface area contributed by atoms with Crippen LogP contribution in [0.25, 0.3) is 0 Å². The van der Waals surface area contributed by atoms with Crippen LogP contribution in [-0.2, 0) is 29.2 Å². The zero-order valence-electron chi connectivity index (χ0n) is 11.5. The van der Waals surface area contributed by atoms with E-state index in [1.165, 1.54) is 0 Å². The molecule has 6 nitrogen and oxygen atoms in total. The molecular weight excluding hydrogens is 278 g/mol.